The minimum atomic E-state index is 0.177. The van der Waals surface area contributed by atoms with Crippen LogP contribution in [0.3, 0.4) is 0 Å². The van der Waals surface area contributed by atoms with Crippen LogP contribution in [0.4, 0.5) is 0 Å². The third-order valence-corrected chi connectivity index (χ3v) is 3.41. The van der Waals surface area contributed by atoms with Crippen molar-refractivity contribution in [3.05, 3.63) is 0 Å². The summed E-state index contributed by atoms with van der Waals surface area (Å²) < 4.78 is 0. The highest BCUT2D eigenvalue weighted by Gasteiger charge is 2.27. The van der Waals surface area contributed by atoms with E-state index in [1.54, 1.807) is 0 Å². The minimum absolute atomic E-state index is 0.177. The number of amides is 1. The first-order valence-corrected chi connectivity index (χ1v) is 6.98. The molecule has 18 heavy (non-hydrogen) atoms. The van der Waals surface area contributed by atoms with E-state index in [0.29, 0.717) is 31.3 Å². The van der Waals surface area contributed by atoms with Crippen LogP contribution in [0.2, 0.25) is 0 Å². The van der Waals surface area contributed by atoms with Crippen molar-refractivity contribution < 1.29 is 4.79 Å². The Morgan fingerprint density at radius 2 is 2.17 bits per heavy atom. The van der Waals surface area contributed by atoms with Gasteiger partial charge in [-0.15, -0.1) is 6.42 Å². The summed E-state index contributed by atoms with van der Waals surface area (Å²) in [6, 6.07) is 0. The van der Waals surface area contributed by atoms with Gasteiger partial charge in [0, 0.05) is 13.0 Å². The molecule has 1 aliphatic rings. The largest absolute Gasteiger partial charge is 0.331 e. The zero-order valence-corrected chi connectivity index (χ0v) is 11.7. The van der Waals surface area contributed by atoms with Gasteiger partial charge in [0.15, 0.2) is 0 Å². The predicted octanol–water partition coefficient (Wildman–Crippen LogP) is 1.87. The van der Waals surface area contributed by atoms with Crippen molar-refractivity contribution in [2.45, 2.75) is 39.5 Å². The highest BCUT2D eigenvalue weighted by Crippen LogP contribution is 2.30. The van der Waals surface area contributed by atoms with E-state index in [1.165, 1.54) is 12.8 Å². The normalized spacial score (nSPS) is 16.4. The predicted molar refractivity (Wildman–Crippen MR) is 74.8 cm³/mol. The van der Waals surface area contributed by atoms with E-state index in [1.807, 2.05) is 4.90 Å². The molecule has 0 radical (unpaired) electrons. The molecule has 0 aromatic heterocycles. The number of terminal acetylenes is 1. The van der Waals surface area contributed by atoms with E-state index in [2.05, 4.69) is 19.8 Å². The number of nitrogens with zero attached hydrogens (tertiary/aromatic N) is 1. The van der Waals surface area contributed by atoms with Gasteiger partial charge in [-0.2, -0.15) is 0 Å². The van der Waals surface area contributed by atoms with Gasteiger partial charge in [0.05, 0.1) is 6.54 Å². The monoisotopic (exact) mass is 250 g/mol. The lowest BCUT2D eigenvalue weighted by atomic mass is 9.93. The van der Waals surface area contributed by atoms with Gasteiger partial charge in [0.25, 0.3) is 0 Å². The van der Waals surface area contributed by atoms with E-state index < -0.39 is 0 Å². The van der Waals surface area contributed by atoms with Gasteiger partial charge in [-0.1, -0.05) is 19.8 Å². The van der Waals surface area contributed by atoms with Crippen LogP contribution in [0.1, 0.15) is 39.5 Å². The molecule has 0 aliphatic heterocycles. The Morgan fingerprint density at radius 3 is 2.61 bits per heavy atom. The summed E-state index contributed by atoms with van der Waals surface area (Å²) in [6.07, 6.45) is 9.37. The summed E-state index contributed by atoms with van der Waals surface area (Å²) in [5, 5.41) is 0. The molecule has 0 heterocycles. The van der Waals surface area contributed by atoms with Crippen LogP contribution in [0.25, 0.3) is 0 Å². The maximum absolute atomic E-state index is 12.2. The van der Waals surface area contributed by atoms with Crippen molar-refractivity contribution in [2.24, 2.45) is 23.5 Å². The SMILES string of the molecule is C#CCN(CC1CC1)C(=O)CC(CN)CC(C)C. The Kier molecular flexibility index (Phi) is 6.21. The summed E-state index contributed by atoms with van der Waals surface area (Å²) in [5.74, 6) is 4.32. The molecule has 1 atom stereocenters. The van der Waals surface area contributed by atoms with E-state index >= 15 is 0 Å². The molecule has 1 amide bonds. The highest BCUT2D eigenvalue weighted by molar-refractivity contribution is 5.76. The van der Waals surface area contributed by atoms with Crippen molar-refractivity contribution in [3.8, 4) is 12.3 Å². The first-order chi connectivity index (χ1) is 8.56. The van der Waals surface area contributed by atoms with E-state index in [9.17, 15) is 4.79 Å². The third kappa shape index (κ3) is 5.55. The maximum atomic E-state index is 12.2. The summed E-state index contributed by atoms with van der Waals surface area (Å²) in [4.78, 5) is 14.1. The fourth-order valence-electron chi connectivity index (χ4n) is 2.28. The van der Waals surface area contributed by atoms with Crippen LogP contribution in [-0.2, 0) is 4.79 Å². The molecule has 2 N–H and O–H groups in total. The van der Waals surface area contributed by atoms with Crippen molar-refractivity contribution in [2.75, 3.05) is 19.6 Å². The smallest absolute Gasteiger partial charge is 0.223 e. The Bertz CT molecular complexity index is 302. The summed E-state index contributed by atoms with van der Waals surface area (Å²) in [7, 11) is 0. The van der Waals surface area contributed by atoms with E-state index in [0.717, 1.165) is 13.0 Å². The Morgan fingerprint density at radius 1 is 1.50 bits per heavy atom. The van der Waals surface area contributed by atoms with Crippen LogP contribution in [0.5, 0.6) is 0 Å². The molecule has 0 aromatic rings. The molecule has 1 saturated carbocycles. The van der Waals surface area contributed by atoms with Gasteiger partial charge in [-0.3, -0.25) is 4.79 Å². The average molecular weight is 250 g/mol. The van der Waals surface area contributed by atoms with Gasteiger partial charge in [0.2, 0.25) is 5.91 Å². The molecule has 1 fully saturated rings. The average Bonchev–Trinajstić information content (AvgIpc) is 3.10. The molecular weight excluding hydrogens is 224 g/mol. The number of carbonyl (C=O) groups excluding carboxylic acids is 1. The van der Waals surface area contributed by atoms with E-state index in [4.69, 9.17) is 12.2 Å². The fourth-order valence-corrected chi connectivity index (χ4v) is 2.28. The molecule has 1 aliphatic carbocycles. The molecule has 102 valence electrons. The number of carbonyl (C=O) groups is 1. The Hall–Kier alpha value is -1.01. The first-order valence-electron chi connectivity index (χ1n) is 6.98. The highest BCUT2D eigenvalue weighted by atomic mass is 16.2. The second-order valence-corrected chi connectivity index (χ2v) is 5.86. The molecule has 3 nitrogen and oxygen atoms in total. The number of nitrogens with two attached hydrogens (primary N) is 1. The second-order valence-electron chi connectivity index (χ2n) is 5.86. The summed E-state index contributed by atoms with van der Waals surface area (Å²) in [5.41, 5.74) is 5.75. The summed E-state index contributed by atoms with van der Waals surface area (Å²) >= 11 is 0. The third-order valence-electron chi connectivity index (χ3n) is 3.41. The quantitative estimate of drug-likeness (QED) is 0.668. The van der Waals surface area contributed by atoms with Crippen molar-refractivity contribution in [1.82, 2.24) is 4.90 Å². The zero-order valence-electron chi connectivity index (χ0n) is 11.7. The van der Waals surface area contributed by atoms with Crippen LogP contribution < -0.4 is 5.73 Å². The van der Waals surface area contributed by atoms with Gasteiger partial charge in [0.1, 0.15) is 0 Å². The molecule has 0 aromatic carbocycles. The molecular formula is C15H26N2O. The van der Waals surface area contributed by atoms with Crippen molar-refractivity contribution in [1.29, 1.82) is 0 Å². The number of hydrogen-bond donors (Lipinski definition) is 1. The standard InChI is InChI=1S/C15H26N2O/c1-4-7-17(11-13-5-6-13)15(18)9-14(10-16)8-12(2)3/h1,12-14H,5-11,16H2,2-3H3. The van der Waals surface area contributed by atoms with Crippen molar-refractivity contribution >= 4 is 5.91 Å². The number of rotatable bonds is 8. The lowest BCUT2D eigenvalue weighted by molar-refractivity contribution is -0.131. The molecule has 3 heteroatoms. The van der Waals surface area contributed by atoms with E-state index in [-0.39, 0.29) is 11.8 Å². The van der Waals surface area contributed by atoms with Crippen molar-refractivity contribution in [3.63, 3.8) is 0 Å². The Balaban J connectivity index is 2.45. The molecule has 0 spiro atoms. The Labute approximate surface area is 111 Å². The van der Waals surface area contributed by atoms with Gasteiger partial charge in [-0.25, -0.2) is 0 Å². The molecule has 0 bridgehead atoms. The topological polar surface area (TPSA) is 46.3 Å². The molecule has 1 unspecified atom stereocenters. The fraction of sp³-hybridized carbons (Fsp3) is 0.800. The van der Waals surface area contributed by atoms with Crippen LogP contribution in [0.15, 0.2) is 0 Å². The molecule has 0 saturated heterocycles. The zero-order chi connectivity index (χ0) is 13.5. The maximum Gasteiger partial charge on any atom is 0.223 e. The number of hydrogen-bond acceptors (Lipinski definition) is 2. The minimum Gasteiger partial charge on any atom is -0.331 e. The molecule has 1 rings (SSSR count). The van der Waals surface area contributed by atoms with Crippen LogP contribution in [0, 0.1) is 30.1 Å². The van der Waals surface area contributed by atoms with Crippen LogP contribution in [-0.4, -0.2) is 30.4 Å². The second kappa shape index (κ2) is 7.43. The first kappa shape index (κ1) is 15.0. The lowest BCUT2D eigenvalue weighted by Gasteiger charge is -2.23. The van der Waals surface area contributed by atoms with Crippen LogP contribution >= 0.6 is 0 Å². The van der Waals surface area contributed by atoms with Gasteiger partial charge < -0.3 is 10.6 Å². The summed E-state index contributed by atoms with van der Waals surface area (Å²) in [6.45, 7) is 6.18. The van der Waals surface area contributed by atoms with Gasteiger partial charge >= 0.3 is 0 Å². The lowest BCUT2D eigenvalue weighted by Crippen LogP contribution is -2.35. The van der Waals surface area contributed by atoms with Gasteiger partial charge in [-0.05, 0) is 43.6 Å².